The van der Waals surface area contributed by atoms with Gasteiger partial charge in [0.2, 0.25) is 0 Å². The van der Waals surface area contributed by atoms with Gasteiger partial charge in [-0.1, -0.05) is 19.0 Å². The first kappa shape index (κ1) is 11.1. The van der Waals surface area contributed by atoms with Crippen molar-refractivity contribution in [2.45, 2.75) is 33.1 Å². The number of hydrogen-bond donors (Lipinski definition) is 1. The monoisotopic (exact) mass is 237 g/mol. The minimum absolute atomic E-state index is 0.539. The molecule has 0 radical (unpaired) electrons. The summed E-state index contributed by atoms with van der Waals surface area (Å²) in [5.41, 5.74) is 6.79. The van der Waals surface area contributed by atoms with E-state index in [1.54, 1.807) is 11.3 Å². The van der Waals surface area contributed by atoms with Crippen molar-refractivity contribution in [1.82, 2.24) is 10.1 Å². The van der Waals surface area contributed by atoms with Crippen molar-refractivity contribution in [3.63, 3.8) is 0 Å². The maximum absolute atomic E-state index is 5.92. The minimum atomic E-state index is 0.539. The standard InChI is InChI=1S/C11H15N3OS/c1-3-5-9-13-11(15-14-9)8-6-7(4-2)16-10(8)12/h6H,3-5,12H2,1-2H3. The zero-order valence-corrected chi connectivity index (χ0v) is 10.3. The van der Waals surface area contributed by atoms with E-state index in [1.165, 1.54) is 4.88 Å². The predicted molar refractivity (Wildman–Crippen MR) is 65.4 cm³/mol. The highest BCUT2D eigenvalue weighted by Gasteiger charge is 2.14. The van der Waals surface area contributed by atoms with E-state index in [4.69, 9.17) is 10.3 Å². The van der Waals surface area contributed by atoms with Crippen LogP contribution in [0.1, 0.15) is 31.0 Å². The van der Waals surface area contributed by atoms with Crippen molar-refractivity contribution >= 4 is 16.3 Å². The van der Waals surface area contributed by atoms with Crippen LogP contribution in [0.25, 0.3) is 11.5 Å². The molecule has 0 bridgehead atoms. The van der Waals surface area contributed by atoms with Gasteiger partial charge in [-0.05, 0) is 18.9 Å². The summed E-state index contributed by atoms with van der Waals surface area (Å²) >= 11 is 1.58. The minimum Gasteiger partial charge on any atom is -0.390 e. The number of nitrogen functional groups attached to an aromatic ring is 1. The van der Waals surface area contributed by atoms with E-state index >= 15 is 0 Å². The summed E-state index contributed by atoms with van der Waals surface area (Å²) in [6.07, 6.45) is 2.83. The summed E-state index contributed by atoms with van der Waals surface area (Å²) < 4.78 is 5.21. The first-order valence-electron chi connectivity index (χ1n) is 5.45. The molecule has 2 heterocycles. The van der Waals surface area contributed by atoms with Gasteiger partial charge < -0.3 is 10.3 Å². The van der Waals surface area contributed by atoms with Crippen LogP contribution in [0.4, 0.5) is 5.00 Å². The van der Waals surface area contributed by atoms with Gasteiger partial charge in [-0.15, -0.1) is 11.3 Å². The molecule has 2 aromatic rings. The summed E-state index contributed by atoms with van der Waals surface area (Å²) in [4.78, 5) is 5.57. The molecule has 4 nitrogen and oxygen atoms in total. The molecule has 0 atom stereocenters. The smallest absolute Gasteiger partial charge is 0.260 e. The third-order valence-corrected chi connectivity index (χ3v) is 3.44. The molecule has 0 spiro atoms. The van der Waals surface area contributed by atoms with E-state index < -0.39 is 0 Å². The van der Waals surface area contributed by atoms with Crippen molar-refractivity contribution in [2.75, 3.05) is 5.73 Å². The van der Waals surface area contributed by atoms with Crippen molar-refractivity contribution in [3.8, 4) is 11.5 Å². The van der Waals surface area contributed by atoms with Crippen molar-refractivity contribution in [1.29, 1.82) is 0 Å². The SMILES string of the molecule is CCCc1noc(-c2cc(CC)sc2N)n1. The summed E-state index contributed by atoms with van der Waals surface area (Å²) in [7, 11) is 0. The Morgan fingerprint density at radius 3 is 2.88 bits per heavy atom. The maximum atomic E-state index is 5.92. The molecule has 0 saturated carbocycles. The van der Waals surface area contributed by atoms with Crippen molar-refractivity contribution in [3.05, 3.63) is 16.8 Å². The summed E-state index contributed by atoms with van der Waals surface area (Å²) in [6, 6.07) is 2.03. The second-order valence-electron chi connectivity index (χ2n) is 3.61. The van der Waals surface area contributed by atoms with Gasteiger partial charge in [0.15, 0.2) is 5.82 Å². The maximum Gasteiger partial charge on any atom is 0.260 e. The van der Waals surface area contributed by atoms with Gasteiger partial charge >= 0.3 is 0 Å². The van der Waals surface area contributed by atoms with E-state index in [2.05, 4.69) is 24.0 Å². The summed E-state index contributed by atoms with van der Waals surface area (Å²) in [5.74, 6) is 1.29. The van der Waals surface area contributed by atoms with Gasteiger partial charge in [-0.25, -0.2) is 0 Å². The number of nitrogens with zero attached hydrogens (tertiary/aromatic N) is 2. The molecular formula is C11H15N3OS. The highest BCUT2D eigenvalue weighted by molar-refractivity contribution is 7.16. The number of aromatic nitrogens is 2. The van der Waals surface area contributed by atoms with Crippen LogP contribution in [0.2, 0.25) is 0 Å². The molecule has 16 heavy (non-hydrogen) atoms. The fourth-order valence-electron chi connectivity index (χ4n) is 1.49. The van der Waals surface area contributed by atoms with Gasteiger partial charge in [-0.3, -0.25) is 0 Å². The number of anilines is 1. The van der Waals surface area contributed by atoms with E-state index in [-0.39, 0.29) is 0 Å². The van der Waals surface area contributed by atoms with Crippen LogP contribution >= 0.6 is 11.3 Å². The first-order valence-corrected chi connectivity index (χ1v) is 6.27. The molecule has 86 valence electrons. The average molecular weight is 237 g/mol. The van der Waals surface area contributed by atoms with Crippen LogP contribution in [-0.4, -0.2) is 10.1 Å². The fraction of sp³-hybridized carbons (Fsp3) is 0.455. The lowest BCUT2D eigenvalue weighted by molar-refractivity contribution is 0.422. The Hall–Kier alpha value is -1.36. The normalized spacial score (nSPS) is 10.9. The van der Waals surface area contributed by atoms with Crippen LogP contribution in [-0.2, 0) is 12.8 Å². The Morgan fingerprint density at radius 1 is 1.44 bits per heavy atom. The molecule has 0 aliphatic heterocycles. The largest absolute Gasteiger partial charge is 0.390 e. The molecule has 5 heteroatoms. The van der Waals surface area contributed by atoms with Crippen LogP contribution in [0.5, 0.6) is 0 Å². The number of rotatable bonds is 4. The highest BCUT2D eigenvalue weighted by Crippen LogP contribution is 2.33. The molecule has 0 unspecified atom stereocenters. The van der Waals surface area contributed by atoms with E-state index in [9.17, 15) is 0 Å². The van der Waals surface area contributed by atoms with Crippen LogP contribution in [0, 0.1) is 0 Å². The topological polar surface area (TPSA) is 64.9 Å². The number of aryl methyl sites for hydroxylation is 2. The van der Waals surface area contributed by atoms with E-state index in [0.717, 1.165) is 35.7 Å². The average Bonchev–Trinajstić information content (AvgIpc) is 2.85. The van der Waals surface area contributed by atoms with E-state index in [1.807, 2.05) is 6.07 Å². The van der Waals surface area contributed by atoms with Gasteiger partial charge in [-0.2, -0.15) is 4.98 Å². The molecular weight excluding hydrogens is 222 g/mol. The van der Waals surface area contributed by atoms with Crippen LogP contribution in [0.15, 0.2) is 10.6 Å². The quantitative estimate of drug-likeness (QED) is 0.888. The van der Waals surface area contributed by atoms with Crippen LogP contribution < -0.4 is 5.73 Å². The Bertz CT molecular complexity index is 475. The Morgan fingerprint density at radius 2 is 2.25 bits per heavy atom. The molecule has 0 fully saturated rings. The second kappa shape index (κ2) is 4.65. The lowest BCUT2D eigenvalue weighted by atomic mass is 10.2. The number of hydrogen-bond acceptors (Lipinski definition) is 5. The Kier molecular flexibility index (Phi) is 3.24. The lowest BCUT2D eigenvalue weighted by Gasteiger charge is -1.89. The Balaban J connectivity index is 2.30. The molecule has 2 rings (SSSR count). The van der Waals surface area contributed by atoms with Gasteiger partial charge in [0.25, 0.3) is 5.89 Å². The summed E-state index contributed by atoms with van der Waals surface area (Å²) in [6.45, 7) is 4.19. The van der Waals surface area contributed by atoms with Crippen molar-refractivity contribution < 1.29 is 4.52 Å². The molecule has 0 saturated heterocycles. The zero-order valence-electron chi connectivity index (χ0n) is 9.49. The van der Waals surface area contributed by atoms with Crippen LogP contribution in [0.3, 0.4) is 0 Å². The number of thiophene rings is 1. The number of nitrogens with two attached hydrogens (primary N) is 1. The van der Waals surface area contributed by atoms with E-state index in [0.29, 0.717) is 5.89 Å². The lowest BCUT2D eigenvalue weighted by Crippen LogP contribution is -1.86. The third-order valence-electron chi connectivity index (χ3n) is 2.33. The molecule has 0 amide bonds. The molecule has 2 N–H and O–H groups in total. The summed E-state index contributed by atoms with van der Waals surface area (Å²) in [5, 5.41) is 4.67. The molecule has 0 aromatic carbocycles. The van der Waals surface area contributed by atoms with Gasteiger partial charge in [0, 0.05) is 11.3 Å². The second-order valence-corrected chi connectivity index (χ2v) is 4.78. The van der Waals surface area contributed by atoms with Crippen molar-refractivity contribution in [2.24, 2.45) is 0 Å². The van der Waals surface area contributed by atoms with Gasteiger partial charge in [0.1, 0.15) is 0 Å². The third kappa shape index (κ3) is 2.09. The first-order chi connectivity index (χ1) is 7.74. The molecule has 0 aliphatic carbocycles. The predicted octanol–water partition coefficient (Wildman–Crippen LogP) is 2.90. The Labute approximate surface area is 98.5 Å². The van der Waals surface area contributed by atoms with Gasteiger partial charge in [0.05, 0.1) is 10.6 Å². The molecule has 0 aliphatic rings. The molecule has 2 aromatic heterocycles. The fourth-order valence-corrected chi connectivity index (χ4v) is 2.35. The highest BCUT2D eigenvalue weighted by atomic mass is 32.1. The zero-order chi connectivity index (χ0) is 11.5.